The predicted octanol–water partition coefficient (Wildman–Crippen LogP) is 3.74. The van der Waals surface area contributed by atoms with E-state index >= 15 is 0 Å². The molecule has 0 radical (unpaired) electrons. The van der Waals surface area contributed by atoms with Crippen LogP contribution in [0.1, 0.15) is 35.8 Å². The largest absolute Gasteiger partial charge is 0.356 e. The van der Waals surface area contributed by atoms with Gasteiger partial charge in [-0.3, -0.25) is 0 Å². The van der Waals surface area contributed by atoms with Crippen molar-refractivity contribution in [2.24, 2.45) is 0 Å². The van der Waals surface area contributed by atoms with Crippen molar-refractivity contribution in [2.75, 3.05) is 18.0 Å². The lowest BCUT2D eigenvalue weighted by Gasteiger charge is -2.33. The van der Waals surface area contributed by atoms with Crippen LogP contribution in [-0.4, -0.2) is 32.8 Å². The fourth-order valence-corrected chi connectivity index (χ4v) is 3.69. The second kappa shape index (κ2) is 6.35. The molecular weight excluding hydrogens is 317 g/mol. The van der Waals surface area contributed by atoms with Crippen LogP contribution in [0.5, 0.6) is 0 Å². The van der Waals surface area contributed by atoms with Crippen molar-refractivity contribution in [1.29, 1.82) is 0 Å². The topological polar surface area (TPSA) is 49.7 Å². The van der Waals surface area contributed by atoms with Crippen LogP contribution in [-0.2, 0) is 0 Å². The second-order valence-corrected chi connectivity index (χ2v) is 6.67. The molecule has 1 N–H and O–H groups in total. The van der Waals surface area contributed by atoms with E-state index in [2.05, 4.69) is 26.9 Å². The molecule has 3 heterocycles. The zero-order valence-corrected chi connectivity index (χ0v) is 14.5. The highest BCUT2D eigenvalue weighted by atomic mass is 19.1. The first-order valence-corrected chi connectivity index (χ1v) is 8.70. The van der Waals surface area contributed by atoms with E-state index in [4.69, 9.17) is 0 Å². The number of aromatic nitrogens is 4. The van der Waals surface area contributed by atoms with Gasteiger partial charge in [0.2, 0.25) is 0 Å². The maximum absolute atomic E-state index is 14.2. The maximum atomic E-state index is 14.2. The summed E-state index contributed by atoms with van der Waals surface area (Å²) in [4.78, 5) is 9.89. The third-order valence-corrected chi connectivity index (χ3v) is 4.99. The Balaban J connectivity index is 1.58. The van der Waals surface area contributed by atoms with Crippen molar-refractivity contribution in [3.8, 4) is 5.69 Å². The van der Waals surface area contributed by atoms with Gasteiger partial charge in [0.05, 0.1) is 17.7 Å². The van der Waals surface area contributed by atoms with Crippen LogP contribution in [0.15, 0.2) is 36.7 Å². The maximum Gasteiger partial charge on any atom is 0.148 e. The lowest BCUT2D eigenvalue weighted by Crippen LogP contribution is -2.34. The van der Waals surface area contributed by atoms with Gasteiger partial charge in [-0.1, -0.05) is 12.1 Å². The molecule has 1 fully saturated rings. The molecule has 130 valence electrons. The number of piperidine rings is 1. The van der Waals surface area contributed by atoms with E-state index in [1.54, 1.807) is 23.1 Å². The number of aromatic amines is 1. The average Bonchev–Trinajstić information content (AvgIpc) is 3.21. The number of aryl methyl sites for hydroxylation is 2. The number of nitrogens with zero attached hydrogens (tertiary/aromatic N) is 4. The molecule has 0 amide bonds. The molecule has 0 spiro atoms. The summed E-state index contributed by atoms with van der Waals surface area (Å²) in [6.07, 6.45) is 3.86. The number of rotatable bonds is 3. The fourth-order valence-electron chi connectivity index (χ4n) is 3.69. The van der Waals surface area contributed by atoms with Crippen LogP contribution < -0.4 is 4.90 Å². The highest BCUT2D eigenvalue weighted by Gasteiger charge is 2.25. The lowest BCUT2D eigenvalue weighted by atomic mass is 9.92. The Labute approximate surface area is 146 Å². The predicted molar refractivity (Wildman–Crippen MR) is 95.8 cm³/mol. The number of benzene rings is 1. The number of H-pyrrole nitrogens is 1. The molecular formula is C19H22FN5. The Morgan fingerprint density at radius 2 is 1.92 bits per heavy atom. The molecule has 3 aromatic rings. The summed E-state index contributed by atoms with van der Waals surface area (Å²) in [5, 5.41) is 4.52. The zero-order chi connectivity index (χ0) is 17.4. The average molecular weight is 339 g/mol. The number of para-hydroxylation sites is 1. The number of hydrogen-bond donors (Lipinski definition) is 1. The van der Waals surface area contributed by atoms with Crippen molar-refractivity contribution in [1.82, 2.24) is 19.7 Å². The van der Waals surface area contributed by atoms with E-state index in [9.17, 15) is 4.39 Å². The van der Waals surface area contributed by atoms with Crippen LogP contribution in [0.25, 0.3) is 5.69 Å². The van der Waals surface area contributed by atoms with Crippen LogP contribution in [0.2, 0.25) is 0 Å². The van der Waals surface area contributed by atoms with Crippen LogP contribution in [0.3, 0.4) is 0 Å². The molecule has 4 rings (SSSR count). The van der Waals surface area contributed by atoms with Gasteiger partial charge in [-0.2, -0.15) is 5.10 Å². The minimum Gasteiger partial charge on any atom is -0.356 e. The summed E-state index contributed by atoms with van der Waals surface area (Å²) in [6, 6.07) is 8.82. The molecule has 25 heavy (non-hydrogen) atoms. The molecule has 0 aliphatic carbocycles. The smallest absolute Gasteiger partial charge is 0.148 e. The van der Waals surface area contributed by atoms with Gasteiger partial charge < -0.3 is 9.88 Å². The number of halogens is 1. The minimum atomic E-state index is -0.255. The number of anilines is 1. The fraction of sp³-hybridized carbons (Fsp3) is 0.368. The molecule has 5 nitrogen and oxygen atoms in total. The van der Waals surface area contributed by atoms with Crippen LogP contribution in [0.4, 0.5) is 10.2 Å². The standard InChI is InChI=1S/C19H22FN5/c1-13-11-18(25(23-13)17-6-4-3-5-16(17)20)24-9-7-15(8-10-24)19-14(2)21-12-22-19/h3-6,11-12,15H,7-10H2,1-2H3,(H,21,22). The Morgan fingerprint density at radius 3 is 2.60 bits per heavy atom. The number of imidazole rings is 1. The van der Waals surface area contributed by atoms with Gasteiger partial charge in [0, 0.05) is 30.8 Å². The van der Waals surface area contributed by atoms with E-state index in [1.807, 2.05) is 19.1 Å². The van der Waals surface area contributed by atoms with E-state index in [0.717, 1.165) is 43.1 Å². The highest BCUT2D eigenvalue weighted by molar-refractivity contribution is 5.49. The molecule has 0 atom stereocenters. The van der Waals surface area contributed by atoms with Gasteiger partial charge in [0.1, 0.15) is 17.3 Å². The normalized spacial score (nSPS) is 15.7. The van der Waals surface area contributed by atoms with Gasteiger partial charge >= 0.3 is 0 Å². The first-order valence-electron chi connectivity index (χ1n) is 8.70. The molecule has 1 aliphatic heterocycles. The van der Waals surface area contributed by atoms with E-state index in [-0.39, 0.29) is 5.82 Å². The Hall–Kier alpha value is -2.63. The Bertz CT molecular complexity index is 874. The van der Waals surface area contributed by atoms with Crippen molar-refractivity contribution < 1.29 is 4.39 Å². The second-order valence-electron chi connectivity index (χ2n) is 6.67. The Kier molecular flexibility index (Phi) is 4.03. The third kappa shape index (κ3) is 2.92. The monoisotopic (exact) mass is 339 g/mol. The molecule has 6 heteroatoms. The van der Waals surface area contributed by atoms with Crippen molar-refractivity contribution in [2.45, 2.75) is 32.6 Å². The van der Waals surface area contributed by atoms with Gasteiger partial charge in [-0.05, 0) is 38.8 Å². The molecule has 0 saturated carbocycles. The quantitative estimate of drug-likeness (QED) is 0.791. The molecule has 0 unspecified atom stereocenters. The summed E-state index contributed by atoms with van der Waals surface area (Å²) in [5.41, 5.74) is 3.73. The van der Waals surface area contributed by atoms with Gasteiger partial charge in [0.15, 0.2) is 0 Å². The SMILES string of the molecule is Cc1cc(N2CCC(c3[nH]cnc3C)CC2)n(-c2ccccc2F)n1. The van der Waals surface area contributed by atoms with Crippen molar-refractivity contribution in [3.63, 3.8) is 0 Å². The van der Waals surface area contributed by atoms with Crippen molar-refractivity contribution in [3.05, 3.63) is 59.6 Å². The van der Waals surface area contributed by atoms with Gasteiger partial charge in [-0.15, -0.1) is 0 Å². The summed E-state index contributed by atoms with van der Waals surface area (Å²) >= 11 is 0. The summed E-state index contributed by atoms with van der Waals surface area (Å²) < 4.78 is 16.0. The third-order valence-electron chi connectivity index (χ3n) is 4.99. The number of hydrogen-bond acceptors (Lipinski definition) is 3. The van der Waals surface area contributed by atoms with E-state index in [1.165, 1.54) is 11.8 Å². The highest BCUT2D eigenvalue weighted by Crippen LogP contribution is 2.32. The van der Waals surface area contributed by atoms with Gasteiger partial charge in [-0.25, -0.2) is 14.1 Å². The molecule has 1 aliphatic rings. The summed E-state index contributed by atoms with van der Waals surface area (Å²) in [5.74, 6) is 1.21. The zero-order valence-electron chi connectivity index (χ0n) is 14.5. The summed E-state index contributed by atoms with van der Waals surface area (Å²) in [6.45, 7) is 5.84. The van der Waals surface area contributed by atoms with Crippen LogP contribution >= 0.6 is 0 Å². The minimum absolute atomic E-state index is 0.255. The molecule has 1 aromatic carbocycles. The molecule has 0 bridgehead atoms. The molecule has 1 saturated heterocycles. The van der Waals surface area contributed by atoms with E-state index < -0.39 is 0 Å². The lowest BCUT2D eigenvalue weighted by molar-refractivity contribution is 0.489. The van der Waals surface area contributed by atoms with E-state index in [0.29, 0.717) is 11.6 Å². The van der Waals surface area contributed by atoms with Crippen molar-refractivity contribution >= 4 is 5.82 Å². The Morgan fingerprint density at radius 1 is 1.16 bits per heavy atom. The first-order chi connectivity index (χ1) is 12.1. The van der Waals surface area contributed by atoms with Crippen LogP contribution in [0, 0.1) is 19.7 Å². The molecule has 2 aromatic heterocycles. The summed E-state index contributed by atoms with van der Waals surface area (Å²) in [7, 11) is 0. The number of nitrogens with one attached hydrogen (secondary N) is 1. The van der Waals surface area contributed by atoms with Gasteiger partial charge in [0.25, 0.3) is 0 Å². The first kappa shape index (κ1) is 15.9.